The van der Waals surface area contributed by atoms with Crippen molar-refractivity contribution in [3.8, 4) is 23.0 Å². The van der Waals surface area contributed by atoms with Crippen LogP contribution in [0.2, 0.25) is 0 Å². The highest BCUT2D eigenvalue weighted by Gasteiger charge is 2.28. The standard InChI is InChI=1S/C23H23NO9/c1-12(25)21(23(28)29)24-20(26)11-32-14-5-6-15-17(10-14)33-19(22(15)27)9-13-4-7-16(30-2)18(8-13)31-3/h4-10,12,21,25H,11H2,1-3H3,(H,24,26)(H,28,29)/b19-9-/t12-,21-/m1/s1. The molecule has 10 nitrogen and oxygen atoms in total. The van der Waals surface area contributed by atoms with E-state index in [2.05, 4.69) is 5.32 Å². The third-order valence-electron chi connectivity index (χ3n) is 4.78. The molecule has 0 radical (unpaired) electrons. The van der Waals surface area contributed by atoms with Gasteiger partial charge in [-0.3, -0.25) is 9.59 Å². The maximum Gasteiger partial charge on any atom is 0.328 e. The van der Waals surface area contributed by atoms with Gasteiger partial charge in [-0.05, 0) is 42.8 Å². The molecule has 0 bridgehead atoms. The lowest BCUT2D eigenvalue weighted by atomic mass is 10.1. The first-order chi connectivity index (χ1) is 15.7. The number of rotatable bonds is 9. The van der Waals surface area contributed by atoms with Gasteiger partial charge in [-0.1, -0.05) is 6.07 Å². The van der Waals surface area contributed by atoms with Crippen LogP contribution in [0.4, 0.5) is 0 Å². The van der Waals surface area contributed by atoms with Crippen LogP contribution in [0, 0.1) is 0 Å². The van der Waals surface area contributed by atoms with Crippen molar-refractivity contribution < 1.29 is 43.5 Å². The van der Waals surface area contributed by atoms with Gasteiger partial charge < -0.3 is 34.5 Å². The van der Waals surface area contributed by atoms with Crippen LogP contribution in [0.1, 0.15) is 22.8 Å². The van der Waals surface area contributed by atoms with Crippen LogP contribution in [-0.2, 0) is 9.59 Å². The number of aliphatic hydroxyl groups is 1. The van der Waals surface area contributed by atoms with Crippen molar-refractivity contribution >= 4 is 23.7 Å². The fourth-order valence-electron chi connectivity index (χ4n) is 3.10. The Morgan fingerprint density at radius 2 is 1.85 bits per heavy atom. The summed E-state index contributed by atoms with van der Waals surface area (Å²) in [5, 5.41) is 20.6. The molecule has 0 aliphatic carbocycles. The van der Waals surface area contributed by atoms with E-state index in [0.717, 1.165) is 0 Å². The highest BCUT2D eigenvalue weighted by atomic mass is 16.5. The number of aliphatic hydroxyl groups excluding tert-OH is 1. The van der Waals surface area contributed by atoms with E-state index in [-0.39, 0.29) is 23.0 Å². The van der Waals surface area contributed by atoms with E-state index in [9.17, 15) is 19.5 Å². The fraction of sp³-hybridized carbons (Fsp3) is 0.261. The smallest absolute Gasteiger partial charge is 0.328 e. The lowest BCUT2D eigenvalue weighted by Crippen LogP contribution is -2.49. The van der Waals surface area contributed by atoms with Crippen molar-refractivity contribution in [2.75, 3.05) is 20.8 Å². The number of benzene rings is 2. The maximum atomic E-state index is 12.7. The lowest BCUT2D eigenvalue weighted by molar-refractivity contribution is -0.145. The number of ketones is 1. The summed E-state index contributed by atoms with van der Waals surface area (Å²) in [6.45, 7) is 0.763. The summed E-state index contributed by atoms with van der Waals surface area (Å²) < 4.78 is 21.5. The first kappa shape index (κ1) is 23.6. The van der Waals surface area contributed by atoms with Crippen LogP contribution in [0.5, 0.6) is 23.0 Å². The SMILES string of the molecule is COc1ccc(/C=C2\Oc3cc(OCC(=O)N[C@@H](C(=O)O)[C@@H](C)O)ccc3C2=O)cc1OC. The van der Waals surface area contributed by atoms with Gasteiger partial charge in [0.1, 0.15) is 11.5 Å². The summed E-state index contributed by atoms with van der Waals surface area (Å²) in [5.74, 6) is -0.741. The number of carbonyl (C=O) groups excluding carboxylic acids is 2. The Bertz CT molecular complexity index is 1110. The highest BCUT2D eigenvalue weighted by Crippen LogP contribution is 2.36. The minimum absolute atomic E-state index is 0.105. The number of ether oxygens (including phenoxy) is 4. The molecule has 3 rings (SSSR count). The van der Waals surface area contributed by atoms with Gasteiger partial charge in [-0.25, -0.2) is 4.79 Å². The summed E-state index contributed by atoms with van der Waals surface area (Å²) in [6.07, 6.45) is 0.294. The number of carboxylic acid groups (broad SMARTS) is 1. The zero-order valence-electron chi connectivity index (χ0n) is 18.2. The Balaban J connectivity index is 1.69. The summed E-state index contributed by atoms with van der Waals surface area (Å²) in [7, 11) is 3.03. The Morgan fingerprint density at radius 3 is 2.48 bits per heavy atom. The molecule has 1 heterocycles. The number of aliphatic carboxylic acids is 1. The van der Waals surface area contributed by atoms with E-state index >= 15 is 0 Å². The van der Waals surface area contributed by atoms with Crippen molar-refractivity contribution in [1.29, 1.82) is 0 Å². The van der Waals surface area contributed by atoms with E-state index in [1.165, 1.54) is 39.3 Å². The molecule has 0 fully saturated rings. The van der Waals surface area contributed by atoms with Gasteiger partial charge in [-0.2, -0.15) is 0 Å². The molecule has 2 aromatic rings. The van der Waals surface area contributed by atoms with Crippen LogP contribution >= 0.6 is 0 Å². The second kappa shape index (κ2) is 10.0. The number of hydrogen-bond acceptors (Lipinski definition) is 8. The quantitative estimate of drug-likeness (QED) is 0.479. The van der Waals surface area contributed by atoms with Crippen LogP contribution in [0.25, 0.3) is 6.08 Å². The number of methoxy groups -OCH3 is 2. The lowest BCUT2D eigenvalue weighted by Gasteiger charge is -2.17. The van der Waals surface area contributed by atoms with Crippen LogP contribution in [0.15, 0.2) is 42.2 Å². The molecule has 0 unspecified atom stereocenters. The third kappa shape index (κ3) is 5.42. The van der Waals surface area contributed by atoms with Gasteiger partial charge in [0.05, 0.1) is 25.9 Å². The number of Topliss-reactive ketones (excluding diaryl/α,β-unsaturated/α-hetero) is 1. The number of fused-ring (bicyclic) bond motifs is 1. The molecule has 0 saturated carbocycles. The summed E-state index contributed by atoms with van der Waals surface area (Å²) in [5.41, 5.74) is 1.00. The molecule has 10 heteroatoms. The normalized spacial score (nSPS) is 15.3. The molecule has 2 aromatic carbocycles. The first-order valence-corrected chi connectivity index (χ1v) is 9.86. The van der Waals surface area contributed by atoms with Crippen LogP contribution < -0.4 is 24.3 Å². The van der Waals surface area contributed by atoms with Crippen molar-refractivity contribution in [3.05, 3.63) is 53.3 Å². The molecule has 174 valence electrons. The largest absolute Gasteiger partial charge is 0.493 e. The van der Waals surface area contributed by atoms with Crippen molar-refractivity contribution in [2.45, 2.75) is 19.1 Å². The Kier molecular flexibility index (Phi) is 7.19. The minimum atomic E-state index is -1.45. The molecule has 0 aromatic heterocycles. The van der Waals surface area contributed by atoms with E-state index in [1.54, 1.807) is 24.3 Å². The zero-order chi connectivity index (χ0) is 24.1. The van der Waals surface area contributed by atoms with E-state index < -0.39 is 30.6 Å². The van der Waals surface area contributed by atoms with Gasteiger partial charge >= 0.3 is 5.97 Å². The molecule has 1 aliphatic heterocycles. The molecule has 2 atom stereocenters. The number of nitrogens with one attached hydrogen (secondary N) is 1. The molecule has 1 aliphatic rings. The second-order valence-corrected chi connectivity index (χ2v) is 7.12. The van der Waals surface area contributed by atoms with Gasteiger partial charge in [0.2, 0.25) is 5.78 Å². The van der Waals surface area contributed by atoms with Gasteiger partial charge in [0.25, 0.3) is 5.91 Å². The van der Waals surface area contributed by atoms with E-state index in [0.29, 0.717) is 22.6 Å². The summed E-state index contributed by atoms with van der Waals surface area (Å²) in [6, 6.07) is 8.17. The van der Waals surface area contributed by atoms with Gasteiger partial charge in [0, 0.05) is 6.07 Å². The molecular formula is C23H23NO9. The van der Waals surface area contributed by atoms with E-state index in [4.69, 9.17) is 24.1 Å². The first-order valence-electron chi connectivity index (χ1n) is 9.86. The average molecular weight is 457 g/mol. The molecule has 1 amide bonds. The molecular weight excluding hydrogens is 434 g/mol. The topological polar surface area (TPSA) is 141 Å². The predicted octanol–water partition coefficient (Wildman–Crippen LogP) is 1.65. The number of hydrogen-bond donors (Lipinski definition) is 3. The Morgan fingerprint density at radius 1 is 1.12 bits per heavy atom. The third-order valence-corrected chi connectivity index (χ3v) is 4.78. The molecule has 33 heavy (non-hydrogen) atoms. The van der Waals surface area contributed by atoms with Crippen molar-refractivity contribution in [1.82, 2.24) is 5.32 Å². The summed E-state index contributed by atoms with van der Waals surface area (Å²) >= 11 is 0. The molecule has 0 saturated heterocycles. The van der Waals surface area contributed by atoms with Gasteiger partial charge in [0.15, 0.2) is 29.9 Å². The van der Waals surface area contributed by atoms with Crippen molar-refractivity contribution in [3.63, 3.8) is 0 Å². The Hall–Kier alpha value is -4.05. The second-order valence-electron chi connectivity index (χ2n) is 7.12. The predicted molar refractivity (Wildman–Crippen MR) is 116 cm³/mol. The maximum absolute atomic E-state index is 12.7. The average Bonchev–Trinajstić information content (AvgIpc) is 3.09. The molecule has 0 spiro atoms. The van der Waals surface area contributed by atoms with Crippen molar-refractivity contribution in [2.24, 2.45) is 0 Å². The summed E-state index contributed by atoms with van der Waals surface area (Å²) in [4.78, 5) is 35.7. The minimum Gasteiger partial charge on any atom is -0.493 e. The fourth-order valence-corrected chi connectivity index (χ4v) is 3.10. The number of carboxylic acids is 1. The zero-order valence-corrected chi connectivity index (χ0v) is 18.2. The highest BCUT2D eigenvalue weighted by molar-refractivity contribution is 6.14. The molecule has 3 N–H and O–H groups in total. The van der Waals surface area contributed by atoms with Crippen LogP contribution in [-0.4, -0.2) is 60.8 Å². The van der Waals surface area contributed by atoms with Gasteiger partial charge in [-0.15, -0.1) is 0 Å². The number of amides is 1. The Labute approximate surface area is 189 Å². The van der Waals surface area contributed by atoms with E-state index in [1.807, 2.05) is 0 Å². The van der Waals surface area contributed by atoms with Crippen LogP contribution in [0.3, 0.4) is 0 Å². The monoisotopic (exact) mass is 457 g/mol. The number of carbonyl (C=O) groups is 3. The number of allylic oxidation sites excluding steroid dienone is 1.